The molecule has 6 heteroatoms. The van der Waals surface area contributed by atoms with Crippen LogP contribution >= 0.6 is 0 Å². The average molecular weight is 293 g/mol. The van der Waals surface area contributed by atoms with E-state index in [4.69, 9.17) is 0 Å². The fraction of sp³-hybridized carbons (Fsp3) is 0.500. The second kappa shape index (κ2) is 5.54. The lowest BCUT2D eigenvalue weighted by Crippen LogP contribution is -2.29. The Morgan fingerprint density at radius 2 is 2.20 bits per heavy atom. The average Bonchev–Trinajstić information content (AvgIpc) is 2.95. The summed E-state index contributed by atoms with van der Waals surface area (Å²) in [5, 5.41) is 3.48. The number of fused-ring (bicyclic) bond motifs is 1. The third kappa shape index (κ3) is 2.71. The van der Waals surface area contributed by atoms with Crippen LogP contribution in [0, 0.1) is 0 Å². The van der Waals surface area contributed by atoms with Crippen molar-refractivity contribution in [1.82, 2.24) is 5.32 Å². The summed E-state index contributed by atoms with van der Waals surface area (Å²) in [6.45, 7) is 1.92. The number of nitrogens with zero attached hydrogens (tertiary/aromatic N) is 2. The molecule has 3 rings (SSSR count). The molecule has 0 bridgehead atoms. The van der Waals surface area contributed by atoms with E-state index < -0.39 is 10.0 Å². The highest BCUT2D eigenvalue weighted by molar-refractivity contribution is 7.90. The van der Waals surface area contributed by atoms with Crippen molar-refractivity contribution >= 4 is 22.0 Å². The minimum Gasteiger partial charge on any atom is -0.331 e. The number of sulfonamides is 1. The maximum atomic E-state index is 11.9. The number of para-hydroxylation sites is 1. The quantitative estimate of drug-likeness (QED) is 0.919. The lowest BCUT2D eigenvalue weighted by atomic mass is 10.1. The first kappa shape index (κ1) is 13.6. The van der Waals surface area contributed by atoms with Crippen molar-refractivity contribution in [3.8, 4) is 0 Å². The Morgan fingerprint density at radius 3 is 3.00 bits per heavy atom. The molecule has 1 fully saturated rings. The number of benzene rings is 1. The first-order valence-corrected chi connectivity index (χ1v) is 8.50. The van der Waals surface area contributed by atoms with Crippen LogP contribution in [0.3, 0.4) is 0 Å². The summed E-state index contributed by atoms with van der Waals surface area (Å²) in [5.74, 6) is 0. The van der Waals surface area contributed by atoms with Crippen molar-refractivity contribution in [2.24, 2.45) is 4.40 Å². The maximum Gasteiger partial charge on any atom is 0.285 e. The first-order chi connectivity index (χ1) is 9.67. The van der Waals surface area contributed by atoms with Gasteiger partial charge >= 0.3 is 0 Å². The molecule has 0 spiro atoms. The van der Waals surface area contributed by atoms with Gasteiger partial charge in [-0.15, -0.1) is 4.40 Å². The van der Waals surface area contributed by atoms with Crippen molar-refractivity contribution in [2.75, 3.05) is 18.0 Å². The zero-order chi connectivity index (χ0) is 14.0. The van der Waals surface area contributed by atoms with Gasteiger partial charge in [0, 0.05) is 12.6 Å². The largest absolute Gasteiger partial charge is 0.331 e. The van der Waals surface area contributed by atoms with E-state index in [1.807, 2.05) is 17.0 Å². The van der Waals surface area contributed by atoms with Gasteiger partial charge in [-0.2, -0.15) is 8.42 Å². The molecule has 2 heterocycles. The maximum absolute atomic E-state index is 11.9. The lowest BCUT2D eigenvalue weighted by molar-refractivity contribution is 0.539. The fourth-order valence-electron chi connectivity index (χ4n) is 2.84. The van der Waals surface area contributed by atoms with Crippen LogP contribution in [0.25, 0.3) is 0 Å². The van der Waals surface area contributed by atoms with E-state index in [0.29, 0.717) is 10.9 Å². The molecular formula is C14H19N3O2S. The minimum atomic E-state index is -3.50. The van der Waals surface area contributed by atoms with Gasteiger partial charge in [-0.25, -0.2) is 0 Å². The van der Waals surface area contributed by atoms with E-state index in [2.05, 4.69) is 9.71 Å². The number of rotatable bonds is 4. The second-order valence-electron chi connectivity index (χ2n) is 5.29. The Kier molecular flexibility index (Phi) is 3.76. The summed E-state index contributed by atoms with van der Waals surface area (Å²) in [4.78, 5) is 2.24. The van der Waals surface area contributed by atoms with Gasteiger partial charge in [0.2, 0.25) is 0 Å². The molecular weight excluding hydrogens is 274 g/mol. The molecule has 108 valence electrons. The topological polar surface area (TPSA) is 61.8 Å². The van der Waals surface area contributed by atoms with Gasteiger partial charge in [-0.05, 0) is 44.4 Å². The molecule has 2 aliphatic heterocycles. The van der Waals surface area contributed by atoms with Gasteiger partial charge in [0.05, 0.1) is 5.69 Å². The summed E-state index contributed by atoms with van der Waals surface area (Å²) in [7, 11) is -3.50. The molecule has 1 aromatic rings. The Bertz CT molecular complexity index is 607. The fourth-order valence-corrected chi connectivity index (χ4v) is 3.89. The highest BCUT2D eigenvalue weighted by Crippen LogP contribution is 2.29. The standard InChI is InChI=1S/C14H19N3O2S/c18-20(19)14-8-2-1-7-13(14)17(11-16-20)10-4-6-12-5-3-9-15-12/h1-2,7-8,11-12,15H,3-6,9-10H2. The van der Waals surface area contributed by atoms with E-state index in [1.165, 1.54) is 19.2 Å². The van der Waals surface area contributed by atoms with Crippen molar-refractivity contribution in [3.05, 3.63) is 24.3 Å². The zero-order valence-corrected chi connectivity index (χ0v) is 12.1. The van der Waals surface area contributed by atoms with Crippen LogP contribution in [0.15, 0.2) is 33.6 Å². The molecule has 1 unspecified atom stereocenters. The predicted molar refractivity (Wildman–Crippen MR) is 79.7 cm³/mol. The third-order valence-electron chi connectivity index (χ3n) is 3.89. The van der Waals surface area contributed by atoms with Crippen molar-refractivity contribution in [1.29, 1.82) is 0 Å². The summed E-state index contributed by atoms with van der Waals surface area (Å²) in [6, 6.07) is 7.67. The predicted octanol–water partition coefficient (Wildman–Crippen LogP) is 1.76. The Labute approximate surface area is 119 Å². The third-order valence-corrected chi connectivity index (χ3v) is 5.16. The molecule has 0 saturated carbocycles. The van der Waals surface area contributed by atoms with Gasteiger partial charge < -0.3 is 10.2 Å². The monoisotopic (exact) mass is 293 g/mol. The summed E-state index contributed by atoms with van der Waals surface area (Å²) in [5.41, 5.74) is 0.738. The van der Waals surface area contributed by atoms with E-state index in [9.17, 15) is 8.42 Å². The normalized spacial score (nSPS) is 23.8. The van der Waals surface area contributed by atoms with Crippen molar-refractivity contribution in [3.63, 3.8) is 0 Å². The number of nitrogens with one attached hydrogen (secondary N) is 1. The minimum absolute atomic E-state index is 0.307. The molecule has 1 atom stereocenters. The zero-order valence-electron chi connectivity index (χ0n) is 11.3. The smallest absolute Gasteiger partial charge is 0.285 e. The summed E-state index contributed by atoms with van der Waals surface area (Å²) in [6.07, 6.45) is 6.10. The number of anilines is 1. The van der Waals surface area contributed by atoms with Crippen LogP contribution in [0.5, 0.6) is 0 Å². The molecule has 1 N–H and O–H groups in total. The molecule has 1 aromatic carbocycles. The molecule has 2 aliphatic rings. The highest BCUT2D eigenvalue weighted by atomic mass is 32.2. The van der Waals surface area contributed by atoms with Crippen LogP contribution in [-0.2, 0) is 10.0 Å². The Hall–Kier alpha value is -1.40. The Balaban J connectivity index is 1.68. The Morgan fingerprint density at radius 1 is 1.35 bits per heavy atom. The first-order valence-electron chi connectivity index (χ1n) is 7.06. The molecule has 0 aliphatic carbocycles. The van der Waals surface area contributed by atoms with Gasteiger partial charge in [0.1, 0.15) is 11.2 Å². The van der Waals surface area contributed by atoms with Crippen LogP contribution in [0.4, 0.5) is 5.69 Å². The van der Waals surface area contributed by atoms with Crippen LogP contribution in [-0.4, -0.2) is 33.9 Å². The molecule has 0 amide bonds. The molecule has 1 saturated heterocycles. The molecule has 20 heavy (non-hydrogen) atoms. The number of hydrogen-bond acceptors (Lipinski definition) is 4. The van der Waals surface area contributed by atoms with Gasteiger partial charge in [-0.3, -0.25) is 0 Å². The SMILES string of the molecule is O=S1(=O)N=CN(CCCC2CCCN2)c2ccccc21. The van der Waals surface area contributed by atoms with Gasteiger partial charge in [0.25, 0.3) is 10.0 Å². The van der Waals surface area contributed by atoms with Crippen LogP contribution in [0.2, 0.25) is 0 Å². The van der Waals surface area contributed by atoms with Crippen molar-refractivity contribution < 1.29 is 8.42 Å². The molecule has 0 radical (unpaired) electrons. The van der Waals surface area contributed by atoms with Gasteiger partial charge in [0.15, 0.2) is 0 Å². The summed E-state index contributed by atoms with van der Waals surface area (Å²) < 4.78 is 27.4. The van der Waals surface area contributed by atoms with E-state index >= 15 is 0 Å². The second-order valence-corrected chi connectivity index (χ2v) is 6.89. The van der Waals surface area contributed by atoms with E-state index in [-0.39, 0.29) is 0 Å². The highest BCUT2D eigenvalue weighted by Gasteiger charge is 2.24. The summed E-state index contributed by atoms with van der Waals surface area (Å²) >= 11 is 0. The van der Waals surface area contributed by atoms with Crippen molar-refractivity contribution in [2.45, 2.75) is 36.6 Å². The molecule has 0 aromatic heterocycles. The van der Waals surface area contributed by atoms with E-state index in [1.54, 1.807) is 12.1 Å². The lowest BCUT2D eigenvalue weighted by Gasteiger charge is -2.25. The van der Waals surface area contributed by atoms with E-state index in [0.717, 1.165) is 31.6 Å². The van der Waals surface area contributed by atoms with Crippen LogP contribution < -0.4 is 10.2 Å². The number of hydrogen-bond donors (Lipinski definition) is 1. The van der Waals surface area contributed by atoms with Crippen LogP contribution in [0.1, 0.15) is 25.7 Å². The van der Waals surface area contributed by atoms with Gasteiger partial charge in [-0.1, -0.05) is 12.1 Å². The molecule has 5 nitrogen and oxygen atoms in total.